The predicted octanol–water partition coefficient (Wildman–Crippen LogP) is 4.32. The van der Waals surface area contributed by atoms with E-state index in [1.165, 1.54) is 32.2 Å². The van der Waals surface area contributed by atoms with Crippen LogP contribution < -0.4 is 0 Å². The van der Waals surface area contributed by atoms with Gasteiger partial charge in [0.1, 0.15) is 0 Å². The maximum Gasteiger partial charge on any atom is 0.0132 e. The molecule has 0 aromatic heterocycles. The van der Waals surface area contributed by atoms with Gasteiger partial charge in [-0.05, 0) is 70.3 Å². The summed E-state index contributed by atoms with van der Waals surface area (Å²) in [5.41, 5.74) is 0.858. The van der Waals surface area contributed by atoms with Crippen molar-refractivity contribution in [2.45, 2.75) is 78.8 Å². The van der Waals surface area contributed by atoms with Gasteiger partial charge >= 0.3 is 0 Å². The van der Waals surface area contributed by atoms with E-state index < -0.39 is 0 Å². The highest BCUT2D eigenvalue weighted by Gasteiger charge is 2.45. The minimum absolute atomic E-state index is 0.357. The minimum atomic E-state index is 0.357. The Morgan fingerprint density at radius 3 is 2.12 bits per heavy atom. The summed E-state index contributed by atoms with van der Waals surface area (Å²) in [5, 5.41) is 0. The van der Waals surface area contributed by atoms with Crippen LogP contribution in [0.2, 0.25) is 0 Å². The van der Waals surface area contributed by atoms with Gasteiger partial charge in [0, 0.05) is 11.6 Å². The van der Waals surface area contributed by atoms with Crippen LogP contribution in [0.3, 0.4) is 0 Å². The lowest BCUT2D eigenvalue weighted by Crippen LogP contribution is -2.52. The second-order valence-electron chi connectivity index (χ2n) is 8.37. The molecule has 2 fully saturated rings. The molecule has 3 unspecified atom stereocenters. The summed E-state index contributed by atoms with van der Waals surface area (Å²) in [5.74, 6) is 1.91. The Kier molecular flexibility index (Phi) is 3.36. The molecule has 0 aromatic rings. The van der Waals surface area contributed by atoms with Crippen LogP contribution in [-0.4, -0.2) is 23.0 Å². The first-order valence-corrected chi connectivity index (χ1v) is 7.46. The molecule has 3 atom stereocenters. The lowest BCUT2D eigenvalue weighted by atomic mass is 9.79. The third-order valence-electron chi connectivity index (χ3n) is 5.12. The van der Waals surface area contributed by atoms with E-state index in [1.54, 1.807) is 0 Å². The molecule has 17 heavy (non-hydrogen) atoms. The van der Waals surface area contributed by atoms with Gasteiger partial charge in [0.25, 0.3) is 0 Å². The molecule has 100 valence electrons. The van der Waals surface area contributed by atoms with Gasteiger partial charge in [0.15, 0.2) is 0 Å². The Labute approximate surface area is 108 Å². The number of piperidine rings is 1. The molecule has 0 bridgehead atoms. The third kappa shape index (κ3) is 2.70. The Balaban J connectivity index is 2.12. The van der Waals surface area contributed by atoms with Crippen molar-refractivity contribution in [3.05, 3.63) is 0 Å². The number of rotatable bonds is 0. The maximum atomic E-state index is 2.80. The summed E-state index contributed by atoms with van der Waals surface area (Å²) in [7, 11) is 0. The first-order valence-electron chi connectivity index (χ1n) is 7.46. The summed E-state index contributed by atoms with van der Waals surface area (Å²) in [6.45, 7) is 15.8. The van der Waals surface area contributed by atoms with E-state index in [0.717, 1.165) is 17.9 Å². The number of hydrogen-bond acceptors (Lipinski definition) is 1. The molecule has 1 nitrogen and oxygen atoms in total. The Morgan fingerprint density at radius 2 is 1.59 bits per heavy atom. The van der Waals surface area contributed by atoms with Gasteiger partial charge in [0.05, 0.1) is 0 Å². The van der Waals surface area contributed by atoms with Gasteiger partial charge in [-0.25, -0.2) is 0 Å². The van der Waals surface area contributed by atoms with Crippen LogP contribution >= 0.6 is 0 Å². The fourth-order valence-electron chi connectivity index (χ4n) is 4.02. The van der Waals surface area contributed by atoms with Gasteiger partial charge in [0.2, 0.25) is 0 Å². The van der Waals surface area contributed by atoms with Crippen molar-refractivity contribution in [2.75, 3.05) is 6.54 Å². The average Bonchev–Trinajstić information content (AvgIpc) is 2.57. The molecule has 1 heteroatoms. The molecule has 0 spiro atoms. The zero-order valence-corrected chi connectivity index (χ0v) is 12.7. The van der Waals surface area contributed by atoms with Crippen LogP contribution in [0, 0.1) is 17.3 Å². The summed E-state index contributed by atoms with van der Waals surface area (Å²) in [6.07, 6.45) is 5.80. The van der Waals surface area contributed by atoms with Gasteiger partial charge < -0.3 is 0 Å². The molecule has 1 heterocycles. The Morgan fingerprint density at radius 1 is 0.941 bits per heavy atom. The summed E-state index contributed by atoms with van der Waals surface area (Å²) in [6, 6.07) is 0.868. The van der Waals surface area contributed by atoms with Crippen molar-refractivity contribution in [3.63, 3.8) is 0 Å². The molecule has 0 aromatic carbocycles. The second kappa shape index (κ2) is 4.26. The normalized spacial score (nSPS) is 36.0. The van der Waals surface area contributed by atoms with Gasteiger partial charge in [-0.1, -0.05) is 20.8 Å². The molecule has 1 saturated heterocycles. The van der Waals surface area contributed by atoms with Gasteiger partial charge in [-0.2, -0.15) is 0 Å². The van der Waals surface area contributed by atoms with E-state index in [0.29, 0.717) is 11.0 Å². The number of likely N-dealkylation sites (tertiary alicyclic amines) is 1. The van der Waals surface area contributed by atoms with E-state index in [2.05, 4.69) is 46.4 Å². The highest BCUT2D eigenvalue weighted by molar-refractivity contribution is 4.99. The highest BCUT2D eigenvalue weighted by Crippen LogP contribution is 2.48. The second-order valence-corrected chi connectivity index (χ2v) is 8.37. The molecule has 1 aliphatic carbocycles. The van der Waals surface area contributed by atoms with Crippen molar-refractivity contribution in [2.24, 2.45) is 17.3 Å². The molecule has 0 radical (unpaired) electrons. The van der Waals surface area contributed by atoms with Crippen LogP contribution in [-0.2, 0) is 0 Å². The van der Waals surface area contributed by atoms with Crippen LogP contribution in [0.1, 0.15) is 67.2 Å². The third-order valence-corrected chi connectivity index (χ3v) is 5.12. The van der Waals surface area contributed by atoms with E-state index >= 15 is 0 Å². The maximum absolute atomic E-state index is 2.80. The predicted molar refractivity (Wildman–Crippen MR) is 75.2 cm³/mol. The smallest absolute Gasteiger partial charge is 0.0132 e. The molecule has 1 saturated carbocycles. The fourth-order valence-corrected chi connectivity index (χ4v) is 4.02. The first kappa shape index (κ1) is 13.4. The quantitative estimate of drug-likeness (QED) is 0.606. The Hall–Kier alpha value is -0.0400. The van der Waals surface area contributed by atoms with Gasteiger partial charge in [-0.15, -0.1) is 0 Å². The lowest BCUT2D eigenvalue weighted by Gasteiger charge is -2.46. The number of fused-ring (bicyclic) bond motifs is 1. The number of hydrogen-bond donors (Lipinski definition) is 0. The SMILES string of the molecule is CC(C)(C)C1CC2CCCN(C(C)(C)C)C2C1. The topological polar surface area (TPSA) is 3.24 Å². The fraction of sp³-hybridized carbons (Fsp3) is 1.00. The standard InChI is InChI=1S/C16H31N/c1-15(2,3)13-10-12-8-7-9-17(14(12)11-13)16(4,5)6/h12-14H,7-11H2,1-6H3. The van der Waals surface area contributed by atoms with Crippen molar-refractivity contribution < 1.29 is 0 Å². The van der Waals surface area contributed by atoms with Crippen LogP contribution in [0.25, 0.3) is 0 Å². The van der Waals surface area contributed by atoms with Crippen LogP contribution in [0.5, 0.6) is 0 Å². The van der Waals surface area contributed by atoms with Crippen LogP contribution in [0.15, 0.2) is 0 Å². The molecular formula is C16H31N. The Bertz CT molecular complexity index is 268. The largest absolute Gasteiger partial charge is 0.295 e. The number of nitrogens with zero attached hydrogens (tertiary/aromatic N) is 1. The minimum Gasteiger partial charge on any atom is -0.295 e. The summed E-state index contributed by atoms with van der Waals surface area (Å²) >= 11 is 0. The van der Waals surface area contributed by atoms with E-state index in [4.69, 9.17) is 0 Å². The van der Waals surface area contributed by atoms with Crippen LogP contribution in [0.4, 0.5) is 0 Å². The molecular weight excluding hydrogens is 206 g/mol. The van der Waals surface area contributed by atoms with Crippen molar-refractivity contribution >= 4 is 0 Å². The summed E-state index contributed by atoms with van der Waals surface area (Å²) in [4.78, 5) is 2.80. The molecule has 0 amide bonds. The zero-order valence-electron chi connectivity index (χ0n) is 12.7. The lowest BCUT2D eigenvalue weighted by molar-refractivity contribution is 0.0285. The molecule has 2 rings (SSSR count). The highest BCUT2D eigenvalue weighted by atomic mass is 15.2. The molecule has 0 N–H and O–H groups in total. The molecule has 2 aliphatic rings. The van der Waals surface area contributed by atoms with E-state index in [-0.39, 0.29) is 0 Å². The van der Waals surface area contributed by atoms with Crippen molar-refractivity contribution in [1.29, 1.82) is 0 Å². The van der Waals surface area contributed by atoms with E-state index in [9.17, 15) is 0 Å². The first-order chi connectivity index (χ1) is 7.69. The zero-order chi connectivity index (χ0) is 12.8. The van der Waals surface area contributed by atoms with Crippen molar-refractivity contribution in [3.8, 4) is 0 Å². The molecule has 1 aliphatic heterocycles. The summed E-state index contributed by atoms with van der Waals surface area (Å²) < 4.78 is 0. The van der Waals surface area contributed by atoms with Crippen molar-refractivity contribution in [1.82, 2.24) is 4.90 Å². The monoisotopic (exact) mass is 237 g/mol. The van der Waals surface area contributed by atoms with Gasteiger partial charge in [-0.3, -0.25) is 4.90 Å². The average molecular weight is 237 g/mol. The van der Waals surface area contributed by atoms with E-state index in [1.807, 2.05) is 0 Å².